The van der Waals surface area contributed by atoms with Crippen LogP contribution in [0.5, 0.6) is 0 Å². The second-order valence-electron chi connectivity index (χ2n) is 3.03. The lowest BCUT2D eigenvalue weighted by atomic mass is 10.1. The molecular formula is C10H14BrClN2O. The average Bonchev–Trinajstić information content (AvgIpc) is 2.14. The third-order valence-corrected chi connectivity index (χ3v) is 2.46. The third kappa shape index (κ3) is 4.20. The van der Waals surface area contributed by atoms with Gasteiger partial charge in [0.1, 0.15) is 0 Å². The van der Waals surface area contributed by atoms with Crippen molar-refractivity contribution in [2.45, 2.75) is 6.92 Å². The molecule has 0 aliphatic heterocycles. The van der Waals surface area contributed by atoms with Crippen molar-refractivity contribution in [2.24, 2.45) is 5.73 Å². The van der Waals surface area contributed by atoms with E-state index in [9.17, 15) is 4.79 Å². The van der Waals surface area contributed by atoms with Gasteiger partial charge in [-0.25, -0.2) is 0 Å². The Hall–Kier alpha value is -0.580. The molecule has 1 aromatic carbocycles. The number of halogens is 2. The fourth-order valence-corrected chi connectivity index (χ4v) is 1.76. The largest absolute Gasteiger partial charge is 0.351 e. The average molecular weight is 294 g/mol. The van der Waals surface area contributed by atoms with E-state index in [4.69, 9.17) is 5.73 Å². The van der Waals surface area contributed by atoms with Crippen LogP contribution in [0.2, 0.25) is 0 Å². The molecule has 0 atom stereocenters. The highest BCUT2D eigenvalue weighted by Crippen LogP contribution is 2.17. The fourth-order valence-electron chi connectivity index (χ4n) is 1.09. The Morgan fingerprint density at radius 3 is 2.73 bits per heavy atom. The highest BCUT2D eigenvalue weighted by Gasteiger charge is 2.08. The van der Waals surface area contributed by atoms with E-state index in [1.54, 1.807) is 6.07 Å². The lowest BCUT2D eigenvalue weighted by Gasteiger charge is -2.05. The number of amides is 1. The molecule has 0 fully saturated rings. The first-order chi connectivity index (χ1) is 6.65. The summed E-state index contributed by atoms with van der Waals surface area (Å²) in [4.78, 5) is 11.5. The number of nitrogens with two attached hydrogens (primary N) is 1. The molecule has 1 rings (SSSR count). The number of rotatable bonds is 3. The van der Waals surface area contributed by atoms with Crippen LogP contribution in [0.25, 0.3) is 0 Å². The van der Waals surface area contributed by atoms with E-state index in [2.05, 4.69) is 21.2 Å². The maximum Gasteiger partial charge on any atom is 0.252 e. The van der Waals surface area contributed by atoms with Gasteiger partial charge in [-0.15, -0.1) is 12.4 Å². The Morgan fingerprint density at radius 2 is 2.20 bits per heavy atom. The second-order valence-corrected chi connectivity index (χ2v) is 3.88. The standard InChI is InChI=1S/C10H13BrN2O.ClH/c1-7-2-3-8(9(11)6-7)10(14)13-5-4-12;/h2-3,6H,4-5,12H2,1H3,(H,13,14);1H. The molecule has 1 amide bonds. The first-order valence-corrected chi connectivity index (χ1v) is 5.19. The summed E-state index contributed by atoms with van der Waals surface area (Å²) in [6, 6.07) is 5.62. The second kappa shape index (κ2) is 6.82. The predicted molar refractivity (Wildman–Crippen MR) is 67.5 cm³/mol. The highest BCUT2D eigenvalue weighted by molar-refractivity contribution is 9.10. The minimum Gasteiger partial charge on any atom is -0.351 e. The summed E-state index contributed by atoms with van der Waals surface area (Å²) in [7, 11) is 0. The Labute approximate surface area is 104 Å². The highest BCUT2D eigenvalue weighted by atomic mass is 79.9. The van der Waals surface area contributed by atoms with Gasteiger partial charge in [-0.3, -0.25) is 4.79 Å². The van der Waals surface area contributed by atoms with Gasteiger partial charge in [0.15, 0.2) is 0 Å². The molecule has 0 aromatic heterocycles. The lowest BCUT2D eigenvalue weighted by molar-refractivity contribution is 0.0954. The summed E-state index contributed by atoms with van der Waals surface area (Å²) in [5.41, 5.74) is 7.05. The van der Waals surface area contributed by atoms with Gasteiger partial charge in [-0.1, -0.05) is 6.07 Å². The van der Waals surface area contributed by atoms with Crippen LogP contribution in [0.1, 0.15) is 15.9 Å². The molecule has 5 heteroatoms. The molecule has 0 bridgehead atoms. The van der Waals surface area contributed by atoms with Crippen LogP contribution in [0.15, 0.2) is 22.7 Å². The Morgan fingerprint density at radius 1 is 1.53 bits per heavy atom. The van der Waals surface area contributed by atoms with Crippen LogP contribution in [0.3, 0.4) is 0 Å². The number of benzene rings is 1. The smallest absolute Gasteiger partial charge is 0.252 e. The van der Waals surface area contributed by atoms with Crippen LogP contribution in [-0.2, 0) is 0 Å². The zero-order chi connectivity index (χ0) is 10.6. The molecular weight excluding hydrogens is 279 g/mol. The minimum absolute atomic E-state index is 0. The van der Waals surface area contributed by atoms with E-state index in [1.807, 2.05) is 19.1 Å². The molecule has 0 saturated carbocycles. The fraction of sp³-hybridized carbons (Fsp3) is 0.300. The number of nitrogens with one attached hydrogen (secondary N) is 1. The van der Waals surface area contributed by atoms with Gasteiger partial charge in [0, 0.05) is 17.6 Å². The van der Waals surface area contributed by atoms with E-state index >= 15 is 0 Å². The van der Waals surface area contributed by atoms with E-state index in [1.165, 1.54) is 0 Å². The zero-order valence-corrected chi connectivity index (χ0v) is 10.8. The van der Waals surface area contributed by atoms with Crippen LogP contribution >= 0.6 is 28.3 Å². The van der Waals surface area contributed by atoms with Gasteiger partial charge < -0.3 is 11.1 Å². The van der Waals surface area contributed by atoms with Crippen molar-refractivity contribution in [3.8, 4) is 0 Å². The monoisotopic (exact) mass is 292 g/mol. The Balaban J connectivity index is 0.00000196. The topological polar surface area (TPSA) is 55.1 Å². The van der Waals surface area contributed by atoms with Gasteiger partial charge >= 0.3 is 0 Å². The maximum atomic E-state index is 11.5. The van der Waals surface area contributed by atoms with Crippen molar-refractivity contribution in [3.63, 3.8) is 0 Å². The van der Waals surface area contributed by atoms with Gasteiger partial charge in [0.05, 0.1) is 5.56 Å². The Bertz CT molecular complexity index is 344. The molecule has 0 unspecified atom stereocenters. The summed E-state index contributed by atoms with van der Waals surface area (Å²) in [5.74, 6) is -0.0951. The molecule has 0 aliphatic carbocycles. The molecule has 1 aromatic rings. The van der Waals surface area contributed by atoms with E-state index in [0.29, 0.717) is 18.7 Å². The summed E-state index contributed by atoms with van der Waals surface area (Å²) in [6.07, 6.45) is 0. The maximum absolute atomic E-state index is 11.5. The summed E-state index contributed by atoms with van der Waals surface area (Å²) in [6.45, 7) is 2.93. The molecule has 0 heterocycles. The SMILES string of the molecule is Cc1ccc(C(=O)NCCN)c(Br)c1.Cl. The number of carbonyl (C=O) groups is 1. The van der Waals surface area contributed by atoms with Crippen molar-refractivity contribution >= 4 is 34.2 Å². The molecule has 0 saturated heterocycles. The van der Waals surface area contributed by atoms with E-state index in [0.717, 1.165) is 10.0 Å². The van der Waals surface area contributed by atoms with Gasteiger partial charge in [-0.05, 0) is 40.5 Å². The number of aryl methyl sites for hydroxylation is 1. The summed E-state index contributed by atoms with van der Waals surface area (Å²) >= 11 is 3.35. The van der Waals surface area contributed by atoms with Crippen LogP contribution in [0.4, 0.5) is 0 Å². The van der Waals surface area contributed by atoms with Crippen LogP contribution in [0, 0.1) is 6.92 Å². The minimum atomic E-state index is -0.0951. The first-order valence-electron chi connectivity index (χ1n) is 4.39. The summed E-state index contributed by atoms with van der Waals surface area (Å²) in [5, 5.41) is 2.71. The van der Waals surface area contributed by atoms with Crippen molar-refractivity contribution in [3.05, 3.63) is 33.8 Å². The molecule has 84 valence electrons. The van der Waals surface area contributed by atoms with E-state index < -0.39 is 0 Å². The zero-order valence-electron chi connectivity index (χ0n) is 8.42. The predicted octanol–water partition coefficient (Wildman–Crippen LogP) is 1.87. The number of hydrogen-bond acceptors (Lipinski definition) is 2. The van der Waals surface area contributed by atoms with Crippen molar-refractivity contribution < 1.29 is 4.79 Å². The molecule has 15 heavy (non-hydrogen) atoms. The van der Waals surface area contributed by atoms with Gasteiger partial charge in [-0.2, -0.15) is 0 Å². The van der Waals surface area contributed by atoms with E-state index in [-0.39, 0.29) is 18.3 Å². The van der Waals surface area contributed by atoms with Gasteiger partial charge in [0.2, 0.25) is 0 Å². The molecule has 0 spiro atoms. The van der Waals surface area contributed by atoms with Crippen molar-refractivity contribution in [1.29, 1.82) is 0 Å². The molecule has 0 radical (unpaired) electrons. The van der Waals surface area contributed by atoms with Gasteiger partial charge in [0.25, 0.3) is 5.91 Å². The molecule has 0 aliphatic rings. The van der Waals surface area contributed by atoms with Crippen LogP contribution < -0.4 is 11.1 Å². The molecule has 3 N–H and O–H groups in total. The van der Waals surface area contributed by atoms with Crippen molar-refractivity contribution in [1.82, 2.24) is 5.32 Å². The number of carbonyl (C=O) groups excluding carboxylic acids is 1. The number of hydrogen-bond donors (Lipinski definition) is 2. The van der Waals surface area contributed by atoms with Crippen molar-refractivity contribution in [2.75, 3.05) is 13.1 Å². The third-order valence-electron chi connectivity index (χ3n) is 1.80. The molecule has 3 nitrogen and oxygen atoms in total. The van der Waals surface area contributed by atoms with Crippen LogP contribution in [-0.4, -0.2) is 19.0 Å². The quantitative estimate of drug-likeness (QED) is 0.894. The Kier molecular flexibility index (Phi) is 6.56. The first kappa shape index (κ1) is 14.4. The lowest BCUT2D eigenvalue weighted by Crippen LogP contribution is -2.29. The summed E-state index contributed by atoms with van der Waals surface area (Å²) < 4.78 is 0.812. The normalized spacial score (nSPS) is 9.27.